The lowest BCUT2D eigenvalue weighted by atomic mass is 10.1. The molecule has 1 aromatic carbocycles. The molecule has 1 aromatic heterocycles. The van der Waals surface area contributed by atoms with Crippen LogP contribution in [-0.2, 0) is 19.6 Å². The Balaban J connectivity index is 1.31. The molecule has 0 spiro atoms. The van der Waals surface area contributed by atoms with Crippen LogP contribution in [0.3, 0.4) is 0 Å². The number of halogens is 3. The summed E-state index contributed by atoms with van der Waals surface area (Å²) in [6.07, 6.45) is 3.69. The molecule has 39 heavy (non-hydrogen) atoms. The predicted molar refractivity (Wildman–Crippen MR) is 148 cm³/mol. The molecule has 2 unspecified atom stereocenters. The average Bonchev–Trinajstić information content (AvgIpc) is 3.54. The van der Waals surface area contributed by atoms with Gasteiger partial charge in [0.15, 0.2) is 0 Å². The summed E-state index contributed by atoms with van der Waals surface area (Å²) < 4.78 is 41.4. The smallest absolute Gasteiger partial charge is 0.251 e. The first kappa shape index (κ1) is 29.5. The van der Waals surface area contributed by atoms with Crippen molar-refractivity contribution in [1.82, 2.24) is 19.8 Å². The van der Waals surface area contributed by atoms with Crippen molar-refractivity contribution in [1.29, 1.82) is 0 Å². The Morgan fingerprint density at radius 3 is 2.62 bits per heavy atom. The molecule has 2 aliphatic heterocycles. The fraction of sp³-hybridized carbons (Fsp3) is 0.400. The molecule has 2 aromatic rings. The summed E-state index contributed by atoms with van der Waals surface area (Å²) in [5.74, 6) is -1.79. The maximum atomic E-state index is 13.4. The maximum absolute atomic E-state index is 13.4. The standard InChI is InChI=1S/C25H27Cl2FN4O5S2/c26-19-13-16(5-7-20(19)28)24(34)29-14-17-3-1-11-32(17)23(33)15-31-10-2-4-21(25(31)35)30-39(36,37)12-9-18-6-8-22(27)38-18/h5-9,12-13,17,21,30H,1-4,10-11,14-15H2,(H,29,34)/b12-9+. The highest BCUT2D eigenvalue weighted by Crippen LogP contribution is 2.23. The Labute approximate surface area is 240 Å². The number of rotatable bonds is 9. The second kappa shape index (κ2) is 12.8. The molecule has 3 amide bonds. The van der Waals surface area contributed by atoms with Crippen LogP contribution in [0.15, 0.2) is 35.7 Å². The third-order valence-corrected chi connectivity index (χ3v) is 9.14. The van der Waals surface area contributed by atoms with E-state index in [0.717, 1.165) is 17.9 Å². The molecule has 2 saturated heterocycles. The Hall–Kier alpha value is -2.51. The molecule has 2 N–H and O–H groups in total. The molecule has 0 radical (unpaired) electrons. The molecular formula is C25H27Cl2FN4O5S2. The molecule has 2 fully saturated rings. The van der Waals surface area contributed by atoms with Crippen LogP contribution in [0.2, 0.25) is 9.36 Å². The molecule has 0 aliphatic carbocycles. The van der Waals surface area contributed by atoms with Gasteiger partial charge in [0.25, 0.3) is 5.91 Å². The number of sulfonamides is 1. The largest absolute Gasteiger partial charge is 0.350 e. The summed E-state index contributed by atoms with van der Waals surface area (Å²) in [5, 5.41) is 3.60. The lowest BCUT2D eigenvalue weighted by molar-refractivity contribution is -0.143. The van der Waals surface area contributed by atoms with Gasteiger partial charge >= 0.3 is 0 Å². The minimum Gasteiger partial charge on any atom is -0.350 e. The lowest BCUT2D eigenvalue weighted by Crippen LogP contribution is -2.55. The van der Waals surface area contributed by atoms with Gasteiger partial charge in [0.2, 0.25) is 21.8 Å². The monoisotopic (exact) mass is 616 g/mol. The first-order chi connectivity index (χ1) is 18.5. The number of thiophene rings is 1. The zero-order chi connectivity index (χ0) is 28.2. The molecule has 4 rings (SSSR count). The number of hydrogen-bond donors (Lipinski definition) is 2. The van der Waals surface area contributed by atoms with E-state index in [9.17, 15) is 27.2 Å². The molecule has 210 valence electrons. The van der Waals surface area contributed by atoms with Gasteiger partial charge in [0.1, 0.15) is 11.9 Å². The van der Waals surface area contributed by atoms with Gasteiger partial charge in [0.05, 0.1) is 15.9 Å². The molecule has 0 bridgehead atoms. The summed E-state index contributed by atoms with van der Waals surface area (Å²) in [6.45, 7) is 0.834. The third-order valence-electron chi connectivity index (χ3n) is 6.55. The first-order valence-electron chi connectivity index (χ1n) is 12.3. The van der Waals surface area contributed by atoms with Crippen LogP contribution in [0.4, 0.5) is 4.39 Å². The van der Waals surface area contributed by atoms with Crippen LogP contribution in [0.1, 0.15) is 40.9 Å². The predicted octanol–water partition coefficient (Wildman–Crippen LogP) is 3.50. The topological polar surface area (TPSA) is 116 Å². The second-order valence-corrected chi connectivity index (χ2v) is 13.0. The van der Waals surface area contributed by atoms with E-state index in [1.165, 1.54) is 34.4 Å². The zero-order valence-electron chi connectivity index (χ0n) is 20.7. The molecule has 9 nitrogen and oxygen atoms in total. The number of carbonyl (C=O) groups excluding carboxylic acids is 3. The number of amides is 3. The Morgan fingerprint density at radius 1 is 1.13 bits per heavy atom. The van der Waals surface area contributed by atoms with Gasteiger partial charge in [-0.3, -0.25) is 14.4 Å². The third kappa shape index (κ3) is 7.79. The van der Waals surface area contributed by atoms with Crippen molar-refractivity contribution in [2.24, 2.45) is 0 Å². The number of benzene rings is 1. The first-order valence-corrected chi connectivity index (χ1v) is 15.4. The van der Waals surface area contributed by atoms with Crippen LogP contribution < -0.4 is 10.0 Å². The molecule has 14 heteroatoms. The van der Waals surface area contributed by atoms with Crippen molar-refractivity contribution in [3.05, 3.63) is 61.4 Å². The number of carbonyl (C=O) groups is 3. The van der Waals surface area contributed by atoms with E-state index in [1.54, 1.807) is 17.0 Å². The summed E-state index contributed by atoms with van der Waals surface area (Å²) >= 11 is 12.9. The van der Waals surface area contributed by atoms with E-state index in [4.69, 9.17) is 23.2 Å². The minimum atomic E-state index is -3.90. The van der Waals surface area contributed by atoms with E-state index >= 15 is 0 Å². The van der Waals surface area contributed by atoms with Crippen LogP contribution in [-0.4, -0.2) is 74.2 Å². The summed E-state index contributed by atoms with van der Waals surface area (Å²) in [4.78, 5) is 42.3. The highest BCUT2D eigenvalue weighted by molar-refractivity contribution is 7.92. The van der Waals surface area contributed by atoms with Crippen LogP contribution in [0.25, 0.3) is 6.08 Å². The van der Waals surface area contributed by atoms with Crippen molar-refractivity contribution in [3.63, 3.8) is 0 Å². The Kier molecular flexibility index (Phi) is 9.65. The van der Waals surface area contributed by atoms with Crippen molar-refractivity contribution < 1.29 is 27.2 Å². The average molecular weight is 618 g/mol. The normalized spacial score (nSPS) is 20.1. The number of nitrogens with one attached hydrogen (secondary N) is 2. The van der Waals surface area contributed by atoms with Gasteiger partial charge in [-0.05, 0) is 62.1 Å². The van der Waals surface area contributed by atoms with Crippen LogP contribution in [0, 0.1) is 5.82 Å². The number of likely N-dealkylation sites (tertiary alicyclic amines) is 2. The summed E-state index contributed by atoms with van der Waals surface area (Å²) in [5.41, 5.74) is 0.207. The van der Waals surface area contributed by atoms with Crippen molar-refractivity contribution in [2.75, 3.05) is 26.2 Å². The molecule has 2 atom stereocenters. The molecule has 2 aliphatic rings. The number of nitrogens with zero attached hydrogens (tertiary/aromatic N) is 2. The molecular weight excluding hydrogens is 590 g/mol. The van der Waals surface area contributed by atoms with Gasteiger partial charge in [-0.1, -0.05) is 23.2 Å². The number of hydrogen-bond acceptors (Lipinski definition) is 6. The fourth-order valence-corrected chi connectivity index (χ4v) is 6.85. The van der Waals surface area contributed by atoms with Gasteiger partial charge < -0.3 is 15.1 Å². The van der Waals surface area contributed by atoms with E-state index in [2.05, 4.69) is 10.0 Å². The summed E-state index contributed by atoms with van der Waals surface area (Å²) in [6, 6.07) is 5.80. The van der Waals surface area contributed by atoms with Crippen LogP contribution >= 0.6 is 34.5 Å². The molecule has 3 heterocycles. The fourth-order valence-electron chi connectivity index (χ4n) is 4.60. The Morgan fingerprint density at radius 2 is 1.90 bits per heavy atom. The Bertz CT molecular complexity index is 1380. The van der Waals surface area contributed by atoms with E-state index < -0.39 is 33.7 Å². The highest BCUT2D eigenvalue weighted by Gasteiger charge is 2.35. The van der Waals surface area contributed by atoms with E-state index in [-0.39, 0.29) is 35.6 Å². The number of piperidine rings is 1. The maximum Gasteiger partial charge on any atom is 0.251 e. The van der Waals surface area contributed by atoms with Gasteiger partial charge in [0, 0.05) is 41.5 Å². The van der Waals surface area contributed by atoms with Gasteiger partial charge in [-0.2, -0.15) is 4.72 Å². The molecule has 0 saturated carbocycles. The zero-order valence-corrected chi connectivity index (χ0v) is 23.9. The summed E-state index contributed by atoms with van der Waals surface area (Å²) in [7, 11) is -3.90. The highest BCUT2D eigenvalue weighted by atomic mass is 35.5. The van der Waals surface area contributed by atoms with Gasteiger partial charge in [-0.15, -0.1) is 11.3 Å². The quantitative estimate of drug-likeness (QED) is 0.447. The SMILES string of the molecule is O=C(NCC1CCCN1C(=O)CN1CCCC(NS(=O)(=O)/C=C/c2ccc(Cl)s2)C1=O)c1ccc(F)c(Cl)c1. The van der Waals surface area contributed by atoms with Gasteiger partial charge in [-0.25, -0.2) is 12.8 Å². The van der Waals surface area contributed by atoms with Crippen molar-refractivity contribution in [2.45, 2.75) is 37.8 Å². The van der Waals surface area contributed by atoms with Crippen LogP contribution in [0.5, 0.6) is 0 Å². The minimum absolute atomic E-state index is 0.157. The van der Waals surface area contributed by atoms with E-state index in [1.807, 2.05) is 0 Å². The van der Waals surface area contributed by atoms with Crippen molar-refractivity contribution in [3.8, 4) is 0 Å². The second-order valence-electron chi connectivity index (χ2n) is 9.28. The van der Waals surface area contributed by atoms with Crippen molar-refractivity contribution >= 4 is 68.4 Å². The lowest BCUT2D eigenvalue weighted by Gasteiger charge is -2.34. The van der Waals surface area contributed by atoms with E-state index in [0.29, 0.717) is 41.6 Å².